The summed E-state index contributed by atoms with van der Waals surface area (Å²) in [6, 6.07) is 0. The van der Waals surface area contributed by atoms with Crippen molar-refractivity contribution in [3.63, 3.8) is 0 Å². The molecule has 0 saturated carbocycles. The maximum Gasteiger partial charge on any atom is -0.0133 e. The molecule has 0 amide bonds. The maximum absolute atomic E-state index is 2.35. The Hall–Kier alpha value is -0.260. The number of allylic oxidation sites excluding steroid dienone is 2. The smallest absolute Gasteiger partial charge is 0.0133 e. The standard InChI is InChI=1S/C12H21/c1-4-7-12(10(2)3)11-8-5-6-9-11/h5-6,10,12H,4,7-9H2,1-3H3. The van der Waals surface area contributed by atoms with Crippen molar-refractivity contribution >= 4 is 0 Å². The Morgan fingerprint density at radius 3 is 2.25 bits per heavy atom. The Bertz CT molecular complexity index is 136. The van der Waals surface area contributed by atoms with Gasteiger partial charge in [-0.1, -0.05) is 39.3 Å². The van der Waals surface area contributed by atoms with Crippen molar-refractivity contribution in [2.45, 2.75) is 46.5 Å². The molecule has 0 nitrogen and oxygen atoms in total. The van der Waals surface area contributed by atoms with E-state index >= 15 is 0 Å². The van der Waals surface area contributed by atoms with Gasteiger partial charge in [-0.2, -0.15) is 0 Å². The Labute approximate surface area is 77.1 Å². The number of hydrogen-bond donors (Lipinski definition) is 0. The molecule has 0 heterocycles. The van der Waals surface area contributed by atoms with Gasteiger partial charge in [-0.15, -0.1) is 0 Å². The van der Waals surface area contributed by atoms with Crippen LogP contribution >= 0.6 is 0 Å². The highest BCUT2D eigenvalue weighted by atomic mass is 14.3. The van der Waals surface area contributed by atoms with E-state index in [0.29, 0.717) is 0 Å². The van der Waals surface area contributed by atoms with Gasteiger partial charge < -0.3 is 0 Å². The van der Waals surface area contributed by atoms with Crippen LogP contribution in [0.4, 0.5) is 0 Å². The molecule has 12 heavy (non-hydrogen) atoms. The van der Waals surface area contributed by atoms with Gasteiger partial charge in [-0.05, 0) is 37.0 Å². The van der Waals surface area contributed by atoms with Crippen LogP contribution in [0.3, 0.4) is 0 Å². The molecule has 0 aromatic heterocycles. The minimum absolute atomic E-state index is 0.833. The summed E-state index contributed by atoms with van der Waals surface area (Å²) in [5, 5.41) is 0. The second-order valence-corrected chi connectivity index (χ2v) is 4.18. The van der Waals surface area contributed by atoms with E-state index < -0.39 is 0 Å². The van der Waals surface area contributed by atoms with Gasteiger partial charge in [-0.25, -0.2) is 0 Å². The number of hydrogen-bond acceptors (Lipinski definition) is 0. The summed E-state index contributed by atoms with van der Waals surface area (Å²) in [5.74, 6) is 3.48. The van der Waals surface area contributed by atoms with Gasteiger partial charge in [0.1, 0.15) is 0 Å². The molecule has 0 spiro atoms. The summed E-state index contributed by atoms with van der Waals surface area (Å²) < 4.78 is 0. The molecule has 1 radical (unpaired) electrons. The average molecular weight is 165 g/mol. The SMILES string of the molecule is CCCC([C]1CC=CC1)C(C)C. The highest BCUT2D eigenvalue weighted by Gasteiger charge is 2.24. The van der Waals surface area contributed by atoms with Crippen LogP contribution in [-0.2, 0) is 0 Å². The van der Waals surface area contributed by atoms with Crippen LogP contribution in [-0.4, -0.2) is 0 Å². The van der Waals surface area contributed by atoms with E-state index in [1.165, 1.54) is 25.7 Å². The predicted octanol–water partition coefficient (Wildman–Crippen LogP) is 3.98. The Morgan fingerprint density at radius 2 is 1.83 bits per heavy atom. The van der Waals surface area contributed by atoms with E-state index in [0.717, 1.165) is 11.8 Å². The zero-order chi connectivity index (χ0) is 8.97. The lowest BCUT2D eigenvalue weighted by molar-refractivity contribution is 0.361. The lowest BCUT2D eigenvalue weighted by Crippen LogP contribution is -2.16. The van der Waals surface area contributed by atoms with Crippen LogP contribution in [0.5, 0.6) is 0 Å². The summed E-state index contributed by atoms with van der Waals surface area (Å²) in [5.41, 5.74) is 0. The molecule has 0 heteroatoms. The predicted molar refractivity (Wildman–Crippen MR) is 54.9 cm³/mol. The fourth-order valence-electron chi connectivity index (χ4n) is 2.18. The zero-order valence-electron chi connectivity index (χ0n) is 8.64. The van der Waals surface area contributed by atoms with Gasteiger partial charge in [0.05, 0.1) is 0 Å². The Kier molecular flexibility index (Phi) is 3.84. The van der Waals surface area contributed by atoms with Gasteiger partial charge >= 0.3 is 0 Å². The highest BCUT2D eigenvalue weighted by molar-refractivity contribution is 5.14. The van der Waals surface area contributed by atoms with E-state index in [9.17, 15) is 0 Å². The van der Waals surface area contributed by atoms with Gasteiger partial charge in [0.25, 0.3) is 0 Å². The summed E-state index contributed by atoms with van der Waals surface area (Å²) in [6.07, 6.45) is 9.85. The van der Waals surface area contributed by atoms with E-state index in [1.807, 2.05) is 0 Å². The average Bonchev–Trinajstić information content (AvgIpc) is 2.51. The van der Waals surface area contributed by atoms with E-state index in [4.69, 9.17) is 0 Å². The third-order valence-electron chi connectivity index (χ3n) is 2.86. The third kappa shape index (κ3) is 2.36. The Balaban J connectivity index is 2.41. The lowest BCUT2D eigenvalue weighted by Gasteiger charge is -2.26. The van der Waals surface area contributed by atoms with Gasteiger partial charge in [0.2, 0.25) is 0 Å². The largest absolute Gasteiger partial charge is 0.0879 e. The molecular weight excluding hydrogens is 144 g/mol. The van der Waals surface area contributed by atoms with Gasteiger partial charge in [0.15, 0.2) is 0 Å². The van der Waals surface area contributed by atoms with Crippen molar-refractivity contribution < 1.29 is 0 Å². The normalized spacial score (nSPS) is 20.7. The van der Waals surface area contributed by atoms with Crippen LogP contribution in [0.15, 0.2) is 12.2 Å². The first-order valence-corrected chi connectivity index (χ1v) is 5.25. The minimum Gasteiger partial charge on any atom is -0.0879 e. The third-order valence-corrected chi connectivity index (χ3v) is 2.86. The quantitative estimate of drug-likeness (QED) is 0.553. The van der Waals surface area contributed by atoms with E-state index in [-0.39, 0.29) is 0 Å². The monoisotopic (exact) mass is 165 g/mol. The second kappa shape index (κ2) is 4.69. The molecule has 0 fully saturated rings. The van der Waals surface area contributed by atoms with Crippen LogP contribution in [0.1, 0.15) is 46.5 Å². The highest BCUT2D eigenvalue weighted by Crippen LogP contribution is 2.35. The molecule has 69 valence electrons. The van der Waals surface area contributed by atoms with Crippen LogP contribution in [0.25, 0.3) is 0 Å². The molecule has 0 aliphatic heterocycles. The molecule has 1 rings (SSSR count). The summed E-state index contributed by atoms with van der Waals surface area (Å²) in [6.45, 7) is 7.00. The maximum atomic E-state index is 2.35. The molecule has 1 unspecified atom stereocenters. The molecule has 0 bridgehead atoms. The van der Waals surface area contributed by atoms with Crippen molar-refractivity contribution in [1.82, 2.24) is 0 Å². The summed E-state index contributed by atoms with van der Waals surface area (Å²) in [7, 11) is 0. The molecule has 0 aromatic carbocycles. The fraction of sp³-hybridized carbons (Fsp3) is 0.750. The summed E-state index contributed by atoms with van der Waals surface area (Å²) >= 11 is 0. The van der Waals surface area contributed by atoms with Gasteiger partial charge in [-0.3, -0.25) is 0 Å². The first-order chi connectivity index (χ1) is 5.75. The molecule has 1 aliphatic rings. The Morgan fingerprint density at radius 1 is 1.25 bits per heavy atom. The molecule has 0 N–H and O–H groups in total. The molecular formula is C12H21. The number of rotatable bonds is 4. The molecule has 1 atom stereocenters. The summed E-state index contributed by atoms with van der Waals surface area (Å²) in [4.78, 5) is 0. The second-order valence-electron chi connectivity index (χ2n) is 4.18. The van der Waals surface area contributed by atoms with Crippen LogP contribution < -0.4 is 0 Å². The first-order valence-electron chi connectivity index (χ1n) is 5.25. The van der Waals surface area contributed by atoms with Crippen LogP contribution in [0, 0.1) is 17.8 Å². The first kappa shape index (κ1) is 9.83. The van der Waals surface area contributed by atoms with Crippen molar-refractivity contribution in [3.05, 3.63) is 18.1 Å². The molecule has 0 saturated heterocycles. The zero-order valence-corrected chi connectivity index (χ0v) is 8.64. The molecule has 1 aliphatic carbocycles. The molecule has 0 aromatic rings. The van der Waals surface area contributed by atoms with Crippen molar-refractivity contribution in [2.75, 3.05) is 0 Å². The van der Waals surface area contributed by atoms with Crippen molar-refractivity contribution in [2.24, 2.45) is 11.8 Å². The van der Waals surface area contributed by atoms with E-state index in [2.05, 4.69) is 32.9 Å². The van der Waals surface area contributed by atoms with Gasteiger partial charge in [0, 0.05) is 0 Å². The minimum atomic E-state index is 0.833. The van der Waals surface area contributed by atoms with Crippen LogP contribution in [0.2, 0.25) is 0 Å². The topological polar surface area (TPSA) is 0 Å². The lowest BCUT2D eigenvalue weighted by atomic mass is 9.79. The van der Waals surface area contributed by atoms with Crippen molar-refractivity contribution in [3.8, 4) is 0 Å². The van der Waals surface area contributed by atoms with E-state index in [1.54, 1.807) is 5.92 Å². The van der Waals surface area contributed by atoms with Crippen molar-refractivity contribution in [1.29, 1.82) is 0 Å². The fourth-order valence-corrected chi connectivity index (χ4v) is 2.18.